The van der Waals surface area contributed by atoms with Crippen molar-refractivity contribution in [2.75, 3.05) is 0 Å². The number of nitrogens with zero attached hydrogens (tertiary/aromatic N) is 1. The van der Waals surface area contributed by atoms with Gasteiger partial charge >= 0.3 is 0 Å². The van der Waals surface area contributed by atoms with Crippen LogP contribution < -0.4 is 0 Å². The molecule has 0 saturated carbocycles. The number of nitriles is 1. The van der Waals surface area contributed by atoms with Crippen molar-refractivity contribution < 1.29 is 13.0 Å². The van der Waals surface area contributed by atoms with Crippen LogP contribution in [-0.2, 0) is 16.5 Å². The minimum Gasteiger partial charge on any atom is -0.744 e. The van der Waals surface area contributed by atoms with Crippen LogP contribution in [0.25, 0.3) is 11.1 Å². The third-order valence-electron chi connectivity index (χ3n) is 2.95. The quantitative estimate of drug-likeness (QED) is 0.812. The van der Waals surface area contributed by atoms with Crippen LogP contribution in [0.2, 0.25) is 0 Å². The van der Waals surface area contributed by atoms with Crippen molar-refractivity contribution in [1.82, 2.24) is 0 Å². The van der Waals surface area contributed by atoms with Crippen molar-refractivity contribution in [3.63, 3.8) is 0 Å². The summed E-state index contributed by atoms with van der Waals surface area (Å²) < 4.78 is 33.9. The lowest BCUT2D eigenvalue weighted by Crippen LogP contribution is -2.01. The van der Waals surface area contributed by atoms with Gasteiger partial charge in [0.15, 0.2) is 0 Å². The van der Waals surface area contributed by atoms with Crippen molar-refractivity contribution in [2.24, 2.45) is 0 Å². The van der Waals surface area contributed by atoms with Gasteiger partial charge in [0.2, 0.25) is 0 Å². The van der Waals surface area contributed by atoms with Crippen LogP contribution in [0.1, 0.15) is 11.1 Å². The molecule has 0 amide bonds. The van der Waals surface area contributed by atoms with E-state index in [-0.39, 0.29) is 4.90 Å². The largest absolute Gasteiger partial charge is 0.744 e. The molecule has 0 fully saturated rings. The predicted molar refractivity (Wildman–Crippen MR) is 73.9 cm³/mol. The molecule has 2 aromatic carbocycles. The zero-order valence-electron chi connectivity index (χ0n) is 10.8. The first-order valence-corrected chi connectivity index (χ1v) is 7.35. The second kappa shape index (κ2) is 5.45. The molecule has 4 nitrogen and oxygen atoms in total. The molecule has 20 heavy (non-hydrogen) atoms. The van der Waals surface area contributed by atoms with Gasteiger partial charge in [-0.15, -0.1) is 0 Å². The third-order valence-corrected chi connectivity index (χ3v) is 3.85. The maximum atomic E-state index is 11.3. The zero-order valence-corrected chi connectivity index (χ0v) is 11.6. The second-order valence-corrected chi connectivity index (χ2v) is 5.83. The van der Waals surface area contributed by atoms with Crippen LogP contribution in [0, 0.1) is 18.3 Å². The molecule has 0 aliphatic rings. The second-order valence-electron chi connectivity index (χ2n) is 4.49. The van der Waals surface area contributed by atoms with Crippen LogP contribution in [-0.4, -0.2) is 13.0 Å². The Labute approximate surface area is 118 Å². The van der Waals surface area contributed by atoms with Gasteiger partial charge in [-0.05, 0) is 29.7 Å². The summed E-state index contributed by atoms with van der Waals surface area (Å²) in [6, 6.07) is 13.6. The summed E-state index contributed by atoms with van der Waals surface area (Å²) >= 11 is 0. The minimum absolute atomic E-state index is 0.226. The molecule has 0 spiro atoms. The molecule has 2 aromatic rings. The highest BCUT2D eigenvalue weighted by atomic mass is 32.2. The van der Waals surface area contributed by atoms with E-state index < -0.39 is 10.1 Å². The molecule has 0 aliphatic heterocycles. The van der Waals surface area contributed by atoms with Crippen LogP contribution in [0.4, 0.5) is 0 Å². The zero-order chi connectivity index (χ0) is 14.8. The summed E-state index contributed by atoms with van der Waals surface area (Å²) in [7, 11) is -4.52. The van der Waals surface area contributed by atoms with Crippen LogP contribution >= 0.6 is 0 Å². The van der Waals surface area contributed by atoms with Gasteiger partial charge in [-0.3, -0.25) is 0 Å². The Kier molecular flexibility index (Phi) is 3.89. The summed E-state index contributed by atoms with van der Waals surface area (Å²) in [5, 5.41) is 8.62. The molecule has 0 N–H and O–H groups in total. The lowest BCUT2D eigenvalue weighted by Gasteiger charge is -2.14. The normalized spacial score (nSPS) is 11.1. The maximum Gasteiger partial charge on any atom is 0.125 e. The third kappa shape index (κ3) is 3.05. The average molecular weight is 286 g/mol. The van der Waals surface area contributed by atoms with Crippen molar-refractivity contribution in [3.8, 4) is 17.2 Å². The van der Waals surface area contributed by atoms with Crippen molar-refractivity contribution in [2.45, 2.75) is 18.2 Å². The molecule has 0 radical (unpaired) electrons. The summed E-state index contributed by atoms with van der Waals surface area (Å²) in [5.74, 6) is 0. The monoisotopic (exact) mass is 286 g/mol. The average Bonchev–Trinajstić information content (AvgIpc) is 2.38. The first kappa shape index (κ1) is 14.3. The summed E-state index contributed by atoms with van der Waals surface area (Å²) in [6.07, 6.45) is 0.292. The highest BCUT2D eigenvalue weighted by Gasteiger charge is 2.11. The summed E-state index contributed by atoms with van der Waals surface area (Å²) in [5.41, 5.74) is 2.75. The molecule has 102 valence electrons. The highest BCUT2D eigenvalue weighted by Crippen LogP contribution is 2.28. The summed E-state index contributed by atoms with van der Waals surface area (Å²) in [4.78, 5) is -0.226. The van der Waals surface area contributed by atoms with Crippen LogP contribution in [0.3, 0.4) is 0 Å². The van der Waals surface area contributed by atoms with E-state index in [4.69, 9.17) is 5.26 Å². The molecule has 5 heteroatoms. The number of benzene rings is 2. The van der Waals surface area contributed by atoms with E-state index >= 15 is 0 Å². The van der Waals surface area contributed by atoms with Gasteiger partial charge in [0.25, 0.3) is 0 Å². The highest BCUT2D eigenvalue weighted by molar-refractivity contribution is 7.85. The molecule has 0 heterocycles. The molecule has 0 aliphatic carbocycles. The van der Waals surface area contributed by atoms with Gasteiger partial charge in [0, 0.05) is 0 Å². The van der Waals surface area contributed by atoms with E-state index in [1.54, 1.807) is 36.4 Å². The Morgan fingerprint density at radius 3 is 2.35 bits per heavy atom. The number of rotatable bonds is 3. The SMILES string of the molecule is Cc1ccc(S(=O)(=O)[O-])c(-c2ccc(CC#N)cc2)c1. The standard InChI is InChI=1S/C15H13NO3S/c1-11-2-7-15(20(17,18)19)14(10-11)13-5-3-12(4-6-13)8-9-16/h2-7,10H,8H2,1H3,(H,17,18,19)/p-1. The Hall–Kier alpha value is -2.16. The van der Waals surface area contributed by atoms with Gasteiger partial charge < -0.3 is 4.55 Å². The number of hydrogen-bond acceptors (Lipinski definition) is 4. The number of aryl methyl sites for hydroxylation is 1. The molecule has 0 unspecified atom stereocenters. The smallest absolute Gasteiger partial charge is 0.125 e. The van der Waals surface area contributed by atoms with Gasteiger partial charge in [0.1, 0.15) is 10.1 Å². The lowest BCUT2D eigenvalue weighted by molar-refractivity contribution is 0.463. The molecular formula is C15H12NO3S-. The van der Waals surface area contributed by atoms with Gasteiger partial charge in [-0.1, -0.05) is 42.0 Å². The predicted octanol–water partition coefficient (Wildman–Crippen LogP) is 2.63. The summed E-state index contributed by atoms with van der Waals surface area (Å²) in [6.45, 7) is 1.83. The van der Waals surface area contributed by atoms with E-state index in [2.05, 4.69) is 0 Å². The Morgan fingerprint density at radius 1 is 1.15 bits per heavy atom. The maximum absolute atomic E-state index is 11.3. The fourth-order valence-corrected chi connectivity index (χ4v) is 2.66. The van der Waals surface area contributed by atoms with Gasteiger partial charge in [0.05, 0.1) is 17.4 Å². The van der Waals surface area contributed by atoms with Gasteiger partial charge in [-0.2, -0.15) is 5.26 Å². The van der Waals surface area contributed by atoms with E-state index in [1.165, 1.54) is 6.07 Å². The fraction of sp³-hybridized carbons (Fsp3) is 0.133. The lowest BCUT2D eigenvalue weighted by atomic mass is 10.0. The molecule has 0 atom stereocenters. The molecule has 0 aromatic heterocycles. The minimum atomic E-state index is -4.52. The first-order chi connectivity index (χ1) is 9.41. The van der Waals surface area contributed by atoms with Crippen LogP contribution in [0.15, 0.2) is 47.4 Å². The topological polar surface area (TPSA) is 81.0 Å². The number of hydrogen-bond donors (Lipinski definition) is 0. The van der Waals surface area contributed by atoms with E-state index in [1.807, 2.05) is 13.0 Å². The van der Waals surface area contributed by atoms with Crippen LogP contribution in [0.5, 0.6) is 0 Å². The van der Waals surface area contributed by atoms with Crippen molar-refractivity contribution in [3.05, 3.63) is 53.6 Å². The molecular weight excluding hydrogens is 274 g/mol. The fourth-order valence-electron chi connectivity index (χ4n) is 1.98. The first-order valence-electron chi connectivity index (χ1n) is 5.94. The molecule has 0 bridgehead atoms. The van der Waals surface area contributed by atoms with Gasteiger partial charge in [-0.25, -0.2) is 8.42 Å². The van der Waals surface area contributed by atoms with E-state index in [0.29, 0.717) is 17.5 Å². The van der Waals surface area contributed by atoms with E-state index in [9.17, 15) is 13.0 Å². The van der Waals surface area contributed by atoms with Crippen molar-refractivity contribution in [1.29, 1.82) is 5.26 Å². The Morgan fingerprint density at radius 2 is 1.80 bits per heavy atom. The Bertz CT molecular complexity index is 772. The van der Waals surface area contributed by atoms with Crippen molar-refractivity contribution >= 4 is 10.1 Å². The van der Waals surface area contributed by atoms with E-state index in [0.717, 1.165) is 11.1 Å². The molecule has 0 saturated heterocycles. The Balaban J connectivity index is 2.57. The molecule has 2 rings (SSSR count).